The van der Waals surface area contributed by atoms with Crippen molar-refractivity contribution in [2.24, 2.45) is 5.41 Å². The molecule has 1 N–H and O–H groups in total. The molecule has 0 radical (unpaired) electrons. The van der Waals surface area contributed by atoms with E-state index in [1.165, 1.54) is 18.2 Å². The van der Waals surface area contributed by atoms with Crippen molar-refractivity contribution in [3.63, 3.8) is 0 Å². The van der Waals surface area contributed by atoms with Gasteiger partial charge in [0.05, 0.1) is 11.4 Å². The van der Waals surface area contributed by atoms with Crippen LogP contribution in [0.5, 0.6) is 0 Å². The van der Waals surface area contributed by atoms with E-state index in [0.29, 0.717) is 0 Å². The average Bonchev–Trinajstić information content (AvgIpc) is 2.11. The number of halogens is 1. The first kappa shape index (κ1) is 15.9. The molecule has 108 valence electrons. The van der Waals surface area contributed by atoms with Gasteiger partial charge < -0.3 is 0 Å². The maximum Gasteiger partial charge on any atom is 0.334 e. The molecule has 0 fully saturated rings. The Bertz CT molecular complexity index is 660. The van der Waals surface area contributed by atoms with E-state index in [1.807, 2.05) is 0 Å². The number of rotatable bonds is 4. The first-order valence-corrected chi connectivity index (χ1v) is 8.48. The maximum absolute atomic E-state index is 13.0. The summed E-state index contributed by atoms with van der Waals surface area (Å²) in [5, 5.41) is 0. The van der Waals surface area contributed by atoms with Crippen LogP contribution < -0.4 is 4.72 Å². The number of hydrogen-bond donors (Lipinski definition) is 1. The van der Waals surface area contributed by atoms with Crippen LogP contribution in [0.2, 0.25) is 0 Å². The van der Waals surface area contributed by atoms with Gasteiger partial charge in [-0.25, -0.2) is 8.42 Å². The summed E-state index contributed by atoms with van der Waals surface area (Å²) in [5.74, 6) is -0.208. The Kier molecular flexibility index (Phi) is 4.26. The summed E-state index contributed by atoms with van der Waals surface area (Å²) in [6, 6.07) is 4.94. The van der Waals surface area contributed by atoms with Crippen LogP contribution in [-0.4, -0.2) is 22.6 Å². The highest BCUT2D eigenvalue weighted by Crippen LogP contribution is 2.25. The molecule has 5 nitrogen and oxygen atoms in total. The van der Waals surface area contributed by atoms with Crippen LogP contribution in [0.4, 0.5) is 9.57 Å². The molecule has 0 saturated heterocycles. The van der Waals surface area contributed by atoms with Gasteiger partial charge in [-0.05, 0) is 17.5 Å². The average molecular weight is 309 g/mol. The molecule has 0 aliphatic carbocycles. The molecule has 0 saturated carbocycles. The fraction of sp³-hybridized carbons (Fsp3) is 0.455. The third-order valence-electron chi connectivity index (χ3n) is 2.04. The minimum Gasteiger partial charge on any atom is -0.282 e. The van der Waals surface area contributed by atoms with Crippen molar-refractivity contribution in [2.75, 3.05) is 10.5 Å². The lowest BCUT2D eigenvalue weighted by Crippen LogP contribution is -2.26. The first-order valence-electron chi connectivity index (χ1n) is 5.45. The van der Waals surface area contributed by atoms with Gasteiger partial charge in [0.25, 0.3) is 0 Å². The smallest absolute Gasteiger partial charge is 0.282 e. The van der Waals surface area contributed by atoms with Crippen LogP contribution in [0.1, 0.15) is 20.8 Å². The Morgan fingerprint density at radius 3 is 2.11 bits per heavy atom. The molecule has 0 aliphatic rings. The molecular weight excluding hydrogens is 293 g/mol. The third-order valence-corrected chi connectivity index (χ3v) is 4.70. The highest BCUT2D eigenvalue weighted by atomic mass is 32.3. The van der Waals surface area contributed by atoms with Crippen molar-refractivity contribution < 1.29 is 20.7 Å². The zero-order valence-corrected chi connectivity index (χ0v) is 12.5. The lowest BCUT2D eigenvalue weighted by Gasteiger charge is -2.19. The maximum atomic E-state index is 13.0. The van der Waals surface area contributed by atoms with Crippen molar-refractivity contribution in [3.05, 3.63) is 24.3 Å². The zero-order valence-electron chi connectivity index (χ0n) is 10.8. The van der Waals surface area contributed by atoms with Gasteiger partial charge in [0, 0.05) is 0 Å². The van der Waals surface area contributed by atoms with Crippen LogP contribution in [0.15, 0.2) is 29.2 Å². The van der Waals surface area contributed by atoms with E-state index in [9.17, 15) is 20.7 Å². The topological polar surface area (TPSA) is 80.3 Å². The summed E-state index contributed by atoms with van der Waals surface area (Å²) in [4.78, 5) is -0.688. The molecule has 0 spiro atoms. The fourth-order valence-corrected chi connectivity index (χ4v) is 3.95. The standard InChI is InChI=1S/C11H16FNO4S2/c1-11(2,3)8-18(14,15)13-9-6-4-5-7-10(9)19(12,16)17/h4-7,13H,8H2,1-3H3. The molecule has 0 atom stereocenters. The van der Waals surface area contributed by atoms with Crippen molar-refractivity contribution in [1.29, 1.82) is 0 Å². The molecule has 19 heavy (non-hydrogen) atoms. The molecule has 0 amide bonds. The molecule has 1 rings (SSSR count). The van der Waals surface area contributed by atoms with Crippen LogP contribution in [0.25, 0.3) is 0 Å². The van der Waals surface area contributed by atoms with Crippen molar-refractivity contribution in [3.8, 4) is 0 Å². The summed E-state index contributed by atoms with van der Waals surface area (Å²) in [6.07, 6.45) is 0. The van der Waals surface area contributed by atoms with E-state index in [-0.39, 0.29) is 11.4 Å². The van der Waals surface area contributed by atoms with Crippen LogP contribution in [0, 0.1) is 5.41 Å². The Morgan fingerprint density at radius 1 is 1.11 bits per heavy atom. The summed E-state index contributed by atoms with van der Waals surface area (Å²) in [6.45, 7) is 5.18. The molecule has 1 aromatic carbocycles. The Balaban J connectivity index is 3.15. The predicted molar refractivity (Wildman–Crippen MR) is 71.6 cm³/mol. The Hall–Kier alpha value is -1.15. The van der Waals surface area contributed by atoms with Crippen molar-refractivity contribution in [2.45, 2.75) is 25.7 Å². The highest BCUT2D eigenvalue weighted by molar-refractivity contribution is 7.92. The van der Waals surface area contributed by atoms with Gasteiger partial charge in [-0.1, -0.05) is 32.9 Å². The van der Waals surface area contributed by atoms with E-state index in [2.05, 4.69) is 4.72 Å². The quantitative estimate of drug-likeness (QED) is 0.864. The van der Waals surface area contributed by atoms with Crippen molar-refractivity contribution in [1.82, 2.24) is 0 Å². The monoisotopic (exact) mass is 309 g/mol. The molecule has 8 heteroatoms. The second kappa shape index (κ2) is 5.09. The zero-order chi connectivity index (χ0) is 14.9. The van der Waals surface area contributed by atoms with Gasteiger partial charge >= 0.3 is 10.2 Å². The SMILES string of the molecule is CC(C)(C)CS(=O)(=O)Nc1ccccc1S(=O)(=O)F. The number of benzene rings is 1. The number of para-hydroxylation sites is 1. The summed E-state index contributed by atoms with van der Waals surface area (Å²) in [5.41, 5.74) is -0.788. The normalized spacial score (nSPS) is 13.3. The van der Waals surface area contributed by atoms with Crippen LogP contribution >= 0.6 is 0 Å². The lowest BCUT2D eigenvalue weighted by atomic mass is 10.0. The molecule has 0 unspecified atom stereocenters. The minimum absolute atomic E-state index is 0.208. The van der Waals surface area contributed by atoms with Gasteiger partial charge in [0.1, 0.15) is 4.90 Å². The summed E-state index contributed by atoms with van der Waals surface area (Å²) >= 11 is 0. The summed E-state index contributed by atoms with van der Waals surface area (Å²) in [7, 11) is -8.73. The molecule has 1 aromatic rings. The number of sulfonamides is 1. The lowest BCUT2D eigenvalue weighted by molar-refractivity contribution is 0.463. The van der Waals surface area contributed by atoms with Crippen LogP contribution in [-0.2, 0) is 20.2 Å². The Labute approximate surface area is 113 Å². The second-order valence-corrected chi connectivity index (χ2v) is 8.39. The van der Waals surface area contributed by atoms with Gasteiger partial charge in [-0.3, -0.25) is 4.72 Å². The summed E-state index contributed by atoms with van der Waals surface area (Å²) < 4.78 is 60.7. The number of anilines is 1. The van der Waals surface area contributed by atoms with E-state index < -0.39 is 30.6 Å². The van der Waals surface area contributed by atoms with E-state index in [4.69, 9.17) is 0 Å². The van der Waals surface area contributed by atoms with Crippen molar-refractivity contribution >= 4 is 25.9 Å². The molecule has 0 aromatic heterocycles. The predicted octanol–water partition coefficient (Wildman–Crippen LogP) is 2.13. The van der Waals surface area contributed by atoms with Gasteiger partial charge in [0.15, 0.2) is 0 Å². The molecule has 0 bridgehead atoms. The molecular formula is C11H16FNO4S2. The van der Waals surface area contributed by atoms with Gasteiger partial charge in [-0.2, -0.15) is 8.42 Å². The Morgan fingerprint density at radius 2 is 1.63 bits per heavy atom. The molecule has 0 aliphatic heterocycles. The molecule has 0 heterocycles. The van der Waals surface area contributed by atoms with E-state index in [0.717, 1.165) is 6.07 Å². The number of nitrogens with one attached hydrogen (secondary N) is 1. The fourth-order valence-electron chi connectivity index (χ4n) is 1.54. The van der Waals surface area contributed by atoms with E-state index >= 15 is 0 Å². The van der Waals surface area contributed by atoms with Gasteiger partial charge in [0.2, 0.25) is 10.0 Å². The van der Waals surface area contributed by atoms with Gasteiger partial charge in [-0.15, -0.1) is 3.89 Å². The number of hydrogen-bond acceptors (Lipinski definition) is 4. The second-order valence-electron chi connectivity index (χ2n) is 5.36. The van der Waals surface area contributed by atoms with E-state index in [1.54, 1.807) is 20.8 Å². The third kappa shape index (κ3) is 5.15. The highest BCUT2D eigenvalue weighted by Gasteiger charge is 2.24. The first-order chi connectivity index (χ1) is 8.41. The largest absolute Gasteiger partial charge is 0.334 e. The minimum atomic E-state index is -4.98. The van der Waals surface area contributed by atoms with Crippen LogP contribution in [0.3, 0.4) is 0 Å².